The van der Waals surface area contributed by atoms with Gasteiger partial charge in [-0.25, -0.2) is 0 Å². The van der Waals surface area contributed by atoms with E-state index in [-0.39, 0.29) is 12.5 Å². The van der Waals surface area contributed by atoms with Gasteiger partial charge in [-0.1, -0.05) is 15.9 Å². The highest BCUT2D eigenvalue weighted by atomic mass is 127. The summed E-state index contributed by atoms with van der Waals surface area (Å²) in [6, 6.07) is 11.3. The van der Waals surface area contributed by atoms with Gasteiger partial charge in [0, 0.05) is 13.7 Å². The number of ether oxygens (including phenoxy) is 1. The summed E-state index contributed by atoms with van der Waals surface area (Å²) >= 11 is 5.66. The van der Waals surface area contributed by atoms with E-state index in [9.17, 15) is 4.79 Å². The molecule has 0 heterocycles. The van der Waals surface area contributed by atoms with E-state index in [2.05, 4.69) is 43.8 Å². The van der Waals surface area contributed by atoms with Crippen LogP contribution in [0.1, 0.15) is 11.1 Å². The summed E-state index contributed by atoms with van der Waals surface area (Å²) in [7, 11) is 0. The fourth-order valence-corrected chi connectivity index (χ4v) is 2.47. The predicted octanol–water partition coefficient (Wildman–Crippen LogP) is 4.69. The van der Waals surface area contributed by atoms with Crippen molar-refractivity contribution in [2.24, 2.45) is 0 Å². The highest BCUT2D eigenvalue weighted by Gasteiger charge is 2.07. The lowest BCUT2D eigenvalue weighted by molar-refractivity contribution is -0.118. The first-order valence-corrected chi connectivity index (χ1v) is 8.28. The highest BCUT2D eigenvalue weighted by Crippen LogP contribution is 2.21. The number of hydrogen-bond acceptors (Lipinski definition) is 2. The molecule has 0 radical (unpaired) electrons. The van der Waals surface area contributed by atoms with Crippen LogP contribution in [0, 0.1) is 17.4 Å². The molecule has 0 bridgehead atoms. The van der Waals surface area contributed by atoms with Gasteiger partial charge in [0.1, 0.15) is 5.75 Å². The van der Waals surface area contributed by atoms with Crippen LogP contribution in [0.15, 0.2) is 40.9 Å². The van der Waals surface area contributed by atoms with Crippen molar-refractivity contribution in [2.45, 2.75) is 13.8 Å². The quantitative estimate of drug-likeness (QED) is 0.673. The standard InChI is InChI=1S/C16H15BrINO2/c1-10-7-13(8-11(2)16(10)18)19-15(20)9-21-14-5-3-12(17)4-6-14/h3-8H,9H2,1-2H3,(H,19,20). The summed E-state index contributed by atoms with van der Waals surface area (Å²) in [5.41, 5.74) is 3.11. The Bertz CT molecular complexity index is 633. The zero-order chi connectivity index (χ0) is 15.4. The van der Waals surface area contributed by atoms with Gasteiger partial charge >= 0.3 is 0 Å². The van der Waals surface area contributed by atoms with Gasteiger partial charge in [0.25, 0.3) is 5.91 Å². The number of carbonyl (C=O) groups excluding carboxylic acids is 1. The van der Waals surface area contributed by atoms with Crippen LogP contribution in [0.4, 0.5) is 5.69 Å². The Labute approximate surface area is 146 Å². The third kappa shape index (κ3) is 4.71. The molecule has 0 fully saturated rings. The summed E-state index contributed by atoms with van der Waals surface area (Å²) in [4.78, 5) is 11.9. The molecule has 0 atom stereocenters. The number of nitrogens with one attached hydrogen (secondary N) is 1. The summed E-state index contributed by atoms with van der Waals surface area (Å²) in [5.74, 6) is 0.501. The van der Waals surface area contributed by atoms with Crippen molar-refractivity contribution in [3.63, 3.8) is 0 Å². The second-order valence-electron chi connectivity index (χ2n) is 4.71. The highest BCUT2D eigenvalue weighted by molar-refractivity contribution is 14.1. The molecular weight excluding hydrogens is 445 g/mol. The normalized spacial score (nSPS) is 10.3. The Morgan fingerprint density at radius 3 is 2.33 bits per heavy atom. The minimum atomic E-state index is -0.169. The van der Waals surface area contributed by atoms with Crippen LogP contribution in [0.2, 0.25) is 0 Å². The van der Waals surface area contributed by atoms with E-state index in [1.54, 1.807) is 0 Å². The zero-order valence-corrected chi connectivity index (χ0v) is 15.5. The topological polar surface area (TPSA) is 38.3 Å². The van der Waals surface area contributed by atoms with Gasteiger partial charge in [-0.2, -0.15) is 0 Å². The predicted molar refractivity (Wildman–Crippen MR) is 96.9 cm³/mol. The molecule has 1 N–H and O–H groups in total. The maximum absolute atomic E-state index is 11.9. The Balaban J connectivity index is 1.94. The Morgan fingerprint density at radius 1 is 1.19 bits per heavy atom. The maximum atomic E-state index is 11.9. The van der Waals surface area contributed by atoms with Crippen LogP contribution in [0.25, 0.3) is 0 Å². The van der Waals surface area contributed by atoms with E-state index >= 15 is 0 Å². The lowest BCUT2D eigenvalue weighted by Crippen LogP contribution is -2.20. The first-order valence-electron chi connectivity index (χ1n) is 6.40. The molecule has 0 unspecified atom stereocenters. The lowest BCUT2D eigenvalue weighted by Gasteiger charge is -2.10. The molecule has 110 valence electrons. The molecule has 3 nitrogen and oxygen atoms in total. The van der Waals surface area contributed by atoms with E-state index in [1.165, 1.54) is 3.57 Å². The number of hydrogen-bond donors (Lipinski definition) is 1. The molecule has 0 aromatic heterocycles. The number of halogens is 2. The van der Waals surface area contributed by atoms with Crippen LogP contribution in [0.5, 0.6) is 5.75 Å². The fraction of sp³-hybridized carbons (Fsp3) is 0.188. The van der Waals surface area contributed by atoms with Crippen molar-refractivity contribution >= 4 is 50.1 Å². The molecule has 0 saturated carbocycles. The van der Waals surface area contributed by atoms with Crippen molar-refractivity contribution in [3.8, 4) is 5.75 Å². The van der Waals surface area contributed by atoms with Gasteiger partial charge in [-0.05, 0) is 84.0 Å². The molecule has 2 aromatic carbocycles. The maximum Gasteiger partial charge on any atom is 0.262 e. The zero-order valence-electron chi connectivity index (χ0n) is 11.7. The van der Waals surface area contributed by atoms with Gasteiger partial charge in [0.2, 0.25) is 0 Å². The average molecular weight is 460 g/mol. The molecule has 0 saturated heterocycles. The molecule has 0 spiro atoms. The lowest BCUT2D eigenvalue weighted by atomic mass is 10.1. The smallest absolute Gasteiger partial charge is 0.262 e. The summed E-state index contributed by atoms with van der Waals surface area (Å²) < 4.78 is 7.64. The third-order valence-corrected chi connectivity index (χ3v) is 5.13. The molecule has 0 aliphatic heterocycles. The largest absolute Gasteiger partial charge is 0.484 e. The van der Waals surface area contributed by atoms with Gasteiger partial charge < -0.3 is 10.1 Å². The molecule has 21 heavy (non-hydrogen) atoms. The fourth-order valence-electron chi connectivity index (χ4n) is 1.89. The van der Waals surface area contributed by atoms with E-state index in [0.717, 1.165) is 21.3 Å². The SMILES string of the molecule is Cc1cc(NC(=O)COc2ccc(Br)cc2)cc(C)c1I. The molecule has 1 amide bonds. The van der Waals surface area contributed by atoms with Crippen LogP contribution >= 0.6 is 38.5 Å². The third-order valence-electron chi connectivity index (χ3n) is 2.90. The first-order chi connectivity index (χ1) is 9.95. The van der Waals surface area contributed by atoms with Crippen molar-refractivity contribution in [2.75, 3.05) is 11.9 Å². The van der Waals surface area contributed by atoms with E-state index < -0.39 is 0 Å². The van der Waals surface area contributed by atoms with Gasteiger partial charge in [-0.15, -0.1) is 0 Å². The second-order valence-corrected chi connectivity index (χ2v) is 6.71. The second kappa shape index (κ2) is 7.26. The summed E-state index contributed by atoms with van der Waals surface area (Å²) in [6.45, 7) is 4.05. The Hall–Kier alpha value is -1.08. The van der Waals surface area contributed by atoms with Gasteiger partial charge in [0.15, 0.2) is 6.61 Å². The molecule has 0 aliphatic carbocycles. The van der Waals surface area contributed by atoms with Crippen LogP contribution in [-0.2, 0) is 4.79 Å². The van der Waals surface area contributed by atoms with E-state index in [0.29, 0.717) is 5.75 Å². The molecule has 2 rings (SSSR count). The number of benzene rings is 2. The molecule has 2 aromatic rings. The number of rotatable bonds is 4. The minimum Gasteiger partial charge on any atom is -0.484 e. The first kappa shape index (κ1) is 16.3. The number of aryl methyl sites for hydroxylation is 2. The van der Waals surface area contributed by atoms with Crippen molar-refractivity contribution in [3.05, 3.63) is 55.6 Å². The van der Waals surface area contributed by atoms with E-state index in [1.807, 2.05) is 50.2 Å². The Morgan fingerprint density at radius 2 is 1.76 bits per heavy atom. The average Bonchev–Trinajstić information content (AvgIpc) is 2.44. The summed E-state index contributed by atoms with van der Waals surface area (Å²) in [6.07, 6.45) is 0. The van der Waals surface area contributed by atoms with Crippen LogP contribution in [-0.4, -0.2) is 12.5 Å². The van der Waals surface area contributed by atoms with E-state index in [4.69, 9.17) is 4.74 Å². The number of amides is 1. The monoisotopic (exact) mass is 459 g/mol. The van der Waals surface area contributed by atoms with Crippen molar-refractivity contribution in [1.29, 1.82) is 0 Å². The van der Waals surface area contributed by atoms with Gasteiger partial charge in [0.05, 0.1) is 0 Å². The molecule has 5 heteroatoms. The minimum absolute atomic E-state index is 0.00822. The molecular formula is C16H15BrINO2. The van der Waals surface area contributed by atoms with Crippen LogP contribution < -0.4 is 10.1 Å². The van der Waals surface area contributed by atoms with Crippen LogP contribution in [0.3, 0.4) is 0 Å². The van der Waals surface area contributed by atoms with Crippen molar-refractivity contribution in [1.82, 2.24) is 0 Å². The van der Waals surface area contributed by atoms with Gasteiger partial charge in [-0.3, -0.25) is 4.79 Å². The molecule has 0 aliphatic rings. The van der Waals surface area contributed by atoms with Crippen molar-refractivity contribution < 1.29 is 9.53 Å². The summed E-state index contributed by atoms with van der Waals surface area (Å²) in [5, 5.41) is 2.86. The number of carbonyl (C=O) groups is 1. The Kier molecular flexibility index (Phi) is 5.64. The number of anilines is 1.